The maximum absolute atomic E-state index is 12.9. The number of nitrogens with one attached hydrogen (secondary N) is 1. The van der Waals surface area contributed by atoms with E-state index in [1.54, 1.807) is 0 Å². The van der Waals surface area contributed by atoms with Gasteiger partial charge < -0.3 is 10.1 Å². The van der Waals surface area contributed by atoms with Crippen LogP contribution in [0.15, 0.2) is 30.0 Å². The number of carbonyl (C=O) groups is 1. The molecule has 0 saturated heterocycles. The van der Waals surface area contributed by atoms with Gasteiger partial charge in [0.05, 0.1) is 23.4 Å². The Morgan fingerprint density at radius 1 is 1.25 bits per heavy atom. The molecule has 0 radical (unpaired) electrons. The normalized spacial score (nSPS) is 12.5. The Morgan fingerprint density at radius 2 is 1.88 bits per heavy atom. The molecule has 1 aromatic rings. The summed E-state index contributed by atoms with van der Waals surface area (Å²) in [6, 6.07) is 2.35. The van der Waals surface area contributed by atoms with Gasteiger partial charge in [0.15, 0.2) is 5.57 Å². The number of nitriles is 1. The van der Waals surface area contributed by atoms with E-state index in [1.807, 2.05) is 5.32 Å². The summed E-state index contributed by atoms with van der Waals surface area (Å²) in [6.07, 6.45) is -9.39. The van der Waals surface area contributed by atoms with Crippen molar-refractivity contribution in [2.75, 3.05) is 11.9 Å². The third-order valence-corrected chi connectivity index (χ3v) is 2.64. The van der Waals surface area contributed by atoms with Crippen LogP contribution in [0.3, 0.4) is 0 Å². The number of benzene rings is 1. The van der Waals surface area contributed by atoms with E-state index in [1.165, 1.54) is 13.0 Å². The molecule has 0 aliphatic heterocycles. The fraction of sp³-hybridized carbons (Fsp3) is 0.286. The standard InChI is InChI=1S/C14H10F6N2O2/c1-2-24-12(23)8(6-21)7-22-11-4-3-9(13(15,16)17)5-10(11)14(18,19)20/h3-5,7,22H,2H2,1H3/b8-7-. The van der Waals surface area contributed by atoms with Gasteiger partial charge in [-0.15, -0.1) is 0 Å². The van der Waals surface area contributed by atoms with Gasteiger partial charge in [-0.05, 0) is 25.1 Å². The molecule has 0 aliphatic rings. The van der Waals surface area contributed by atoms with E-state index in [0.717, 1.165) is 0 Å². The van der Waals surface area contributed by atoms with Crippen molar-refractivity contribution in [3.05, 3.63) is 41.1 Å². The molecule has 130 valence electrons. The Labute approximate surface area is 132 Å². The van der Waals surface area contributed by atoms with Gasteiger partial charge in [-0.1, -0.05) is 0 Å². The summed E-state index contributed by atoms with van der Waals surface area (Å²) >= 11 is 0. The number of rotatable bonds is 4. The highest BCUT2D eigenvalue weighted by molar-refractivity contribution is 5.93. The Kier molecular flexibility index (Phi) is 5.84. The first kappa shape index (κ1) is 19.3. The predicted molar refractivity (Wildman–Crippen MR) is 70.4 cm³/mol. The smallest absolute Gasteiger partial charge is 0.418 e. The molecular weight excluding hydrogens is 342 g/mol. The van der Waals surface area contributed by atoms with Gasteiger partial charge in [0.25, 0.3) is 0 Å². The first-order chi connectivity index (χ1) is 11.0. The quantitative estimate of drug-likeness (QED) is 0.383. The van der Waals surface area contributed by atoms with E-state index in [0.29, 0.717) is 18.3 Å². The van der Waals surface area contributed by atoms with Crippen LogP contribution in [0.4, 0.5) is 32.0 Å². The Hall–Kier alpha value is -2.70. The lowest BCUT2D eigenvalue weighted by atomic mass is 10.1. The first-order valence-corrected chi connectivity index (χ1v) is 6.33. The number of anilines is 1. The summed E-state index contributed by atoms with van der Waals surface area (Å²) in [5, 5.41) is 10.8. The van der Waals surface area contributed by atoms with Crippen LogP contribution in [-0.2, 0) is 21.9 Å². The number of carbonyl (C=O) groups excluding carboxylic acids is 1. The minimum Gasteiger partial charge on any atom is -0.462 e. The molecule has 10 heteroatoms. The minimum atomic E-state index is -5.08. The molecule has 0 atom stereocenters. The van der Waals surface area contributed by atoms with Gasteiger partial charge in [-0.3, -0.25) is 0 Å². The van der Waals surface area contributed by atoms with Crippen LogP contribution in [0.25, 0.3) is 0 Å². The molecule has 1 rings (SSSR count). The molecule has 0 spiro atoms. The molecule has 0 unspecified atom stereocenters. The van der Waals surface area contributed by atoms with Crippen molar-refractivity contribution in [1.29, 1.82) is 5.26 Å². The number of alkyl halides is 6. The molecule has 0 heterocycles. The van der Waals surface area contributed by atoms with E-state index < -0.39 is 40.7 Å². The topological polar surface area (TPSA) is 62.1 Å². The summed E-state index contributed by atoms with van der Waals surface area (Å²) in [5.41, 5.74) is -4.44. The molecule has 4 nitrogen and oxygen atoms in total. The van der Waals surface area contributed by atoms with Gasteiger partial charge in [0.2, 0.25) is 0 Å². The van der Waals surface area contributed by atoms with Crippen molar-refractivity contribution in [1.82, 2.24) is 0 Å². The van der Waals surface area contributed by atoms with Crippen LogP contribution in [0, 0.1) is 11.3 Å². The van der Waals surface area contributed by atoms with Crippen LogP contribution < -0.4 is 5.32 Å². The van der Waals surface area contributed by atoms with Crippen LogP contribution in [0.2, 0.25) is 0 Å². The highest BCUT2D eigenvalue weighted by Gasteiger charge is 2.38. The third-order valence-electron chi connectivity index (χ3n) is 2.64. The molecule has 0 bridgehead atoms. The summed E-state index contributed by atoms with van der Waals surface area (Å²) < 4.78 is 80.9. The minimum absolute atomic E-state index is 0.0629. The zero-order valence-corrected chi connectivity index (χ0v) is 12.0. The average molecular weight is 352 g/mol. The van der Waals surface area contributed by atoms with E-state index in [4.69, 9.17) is 5.26 Å². The zero-order chi connectivity index (χ0) is 18.5. The van der Waals surface area contributed by atoms with Crippen molar-refractivity contribution < 1.29 is 35.9 Å². The van der Waals surface area contributed by atoms with Gasteiger partial charge in [0, 0.05) is 6.20 Å². The highest BCUT2D eigenvalue weighted by Crippen LogP contribution is 2.39. The monoisotopic (exact) mass is 352 g/mol. The molecule has 0 saturated carbocycles. The van der Waals surface area contributed by atoms with Gasteiger partial charge in [-0.25, -0.2) is 4.79 Å². The summed E-state index contributed by atoms with van der Waals surface area (Å²) in [6.45, 7) is 1.39. The number of hydrogen-bond donors (Lipinski definition) is 1. The third kappa shape index (κ3) is 4.91. The SMILES string of the molecule is CCOC(=O)/C(C#N)=C\Nc1ccc(C(F)(F)F)cc1C(F)(F)F. The fourth-order valence-electron chi connectivity index (χ4n) is 1.58. The predicted octanol–water partition coefficient (Wildman–Crippen LogP) is 4.11. The van der Waals surface area contributed by atoms with E-state index in [-0.39, 0.29) is 12.7 Å². The largest absolute Gasteiger partial charge is 0.462 e. The van der Waals surface area contributed by atoms with Crippen molar-refractivity contribution >= 4 is 11.7 Å². The second-order valence-electron chi connectivity index (χ2n) is 4.29. The molecule has 0 aromatic heterocycles. The number of halogens is 6. The molecule has 0 aliphatic carbocycles. The Balaban J connectivity index is 3.25. The lowest BCUT2D eigenvalue weighted by Crippen LogP contribution is -2.13. The fourth-order valence-corrected chi connectivity index (χ4v) is 1.58. The summed E-state index contributed by atoms with van der Waals surface area (Å²) in [4.78, 5) is 11.3. The lowest BCUT2D eigenvalue weighted by Gasteiger charge is -2.15. The van der Waals surface area contributed by atoms with Crippen molar-refractivity contribution in [2.24, 2.45) is 0 Å². The van der Waals surface area contributed by atoms with Crippen LogP contribution in [0.5, 0.6) is 0 Å². The average Bonchev–Trinajstić information content (AvgIpc) is 2.46. The lowest BCUT2D eigenvalue weighted by molar-refractivity contribution is -0.142. The van der Waals surface area contributed by atoms with E-state index in [9.17, 15) is 31.1 Å². The first-order valence-electron chi connectivity index (χ1n) is 6.33. The van der Waals surface area contributed by atoms with Gasteiger partial charge >= 0.3 is 18.3 Å². The van der Waals surface area contributed by atoms with Crippen molar-refractivity contribution in [2.45, 2.75) is 19.3 Å². The number of nitrogens with zero attached hydrogens (tertiary/aromatic N) is 1. The van der Waals surface area contributed by atoms with Crippen LogP contribution in [-0.4, -0.2) is 12.6 Å². The maximum Gasteiger partial charge on any atom is 0.418 e. The van der Waals surface area contributed by atoms with Crippen molar-refractivity contribution in [3.63, 3.8) is 0 Å². The maximum atomic E-state index is 12.9. The van der Waals surface area contributed by atoms with Crippen LogP contribution >= 0.6 is 0 Å². The molecule has 1 aromatic carbocycles. The van der Waals surface area contributed by atoms with Gasteiger partial charge in [-0.2, -0.15) is 31.6 Å². The molecular formula is C14H10F6N2O2. The van der Waals surface area contributed by atoms with E-state index in [2.05, 4.69) is 4.74 Å². The highest BCUT2D eigenvalue weighted by atomic mass is 19.4. The van der Waals surface area contributed by atoms with E-state index >= 15 is 0 Å². The number of hydrogen-bond acceptors (Lipinski definition) is 4. The number of ether oxygens (including phenoxy) is 1. The Bertz CT molecular complexity index is 686. The molecule has 0 fully saturated rings. The summed E-state index contributed by atoms with van der Waals surface area (Å²) in [5.74, 6) is -1.08. The second kappa shape index (κ2) is 7.25. The zero-order valence-electron chi connectivity index (χ0n) is 12.0. The molecule has 0 amide bonds. The van der Waals surface area contributed by atoms with Crippen molar-refractivity contribution in [3.8, 4) is 6.07 Å². The van der Waals surface area contributed by atoms with Gasteiger partial charge in [0.1, 0.15) is 6.07 Å². The van der Waals surface area contributed by atoms with Crippen LogP contribution in [0.1, 0.15) is 18.1 Å². The Morgan fingerprint density at radius 3 is 2.33 bits per heavy atom. The summed E-state index contributed by atoms with van der Waals surface area (Å²) in [7, 11) is 0. The molecule has 24 heavy (non-hydrogen) atoms. The second-order valence-corrected chi connectivity index (χ2v) is 4.29. The number of esters is 1. The molecule has 1 N–H and O–H groups in total.